The van der Waals surface area contributed by atoms with E-state index in [4.69, 9.17) is 16.3 Å². The van der Waals surface area contributed by atoms with Crippen molar-refractivity contribution in [3.05, 3.63) is 58.6 Å². The summed E-state index contributed by atoms with van der Waals surface area (Å²) in [4.78, 5) is 23.9. The SMILES string of the molecule is O=C1CCc2cc(OCCCC(=O)NC3(c4ccc(Cl)cc4)CCC3)ccc2N1. The Labute approximate surface area is 175 Å². The van der Waals surface area contributed by atoms with E-state index in [9.17, 15) is 9.59 Å². The Hall–Kier alpha value is -2.53. The highest BCUT2D eigenvalue weighted by molar-refractivity contribution is 6.30. The number of amides is 2. The summed E-state index contributed by atoms with van der Waals surface area (Å²) in [6.45, 7) is 0.479. The van der Waals surface area contributed by atoms with E-state index in [-0.39, 0.29) is 17.4 Å². The number of ether oxygens (including phenoxy) is 1. The van der Waals surface area contributed by atoms with Gasteiger partial charge in [-0.1, -0.05) is 23.7 Å². The molecule has 1 aliphatic heterocycles. The van der Waals surface area contributed by atoms with Crippen LogP contribution in [0.1, 0.15) is 49.7 Å². The molecule has 0 radical (unpaired) electrons. The first-order valence-electron chi connectivity index (χ1n) is 10.2. The second kappa shape index (κ2) is 8.46. The molecule has 0 aromatic heterocycles. The maximum Gasteiger partial charge on any atom is 0.224 e. The van der Waals surface area contributed by atoms with Gasteiger partial charge in [-0.15, -0.1) is 0 Å². The highest BCUT2D eigenvalue weighted by Gasteiger charge is 2.39. The van der Waals surface area contributed by atoms with Crippen LogP contribution in [0.25, 0.3) is 0 Å². The number of aryl methyl sites for hydroxylation is 1. The van der Waals surface area contributed by atoms with Gasteiger partial charge in [-0.2, -0.15) is 0 Å². The van der Waals surface area contributed by atoms with Crippen LogP contribution in [0.2, 0.25) is 5.02 Å². The van der Waals surface area contributed by atoms with Crippen molar-refractivity contribution >= 4 is 29.1 Å². The predicted octanol–water partition coefficient (Wildman–Crippen LogP) is 4.58. The fraction of sp³-hybridized carbons (Fsp3) is 0.391. The Morgan fingerprint density at radius 1 is 1.14 bits per heavy atom. The molecule has 1 heterocycles. The van der Waals surface area contributed by atoms with Gasteiger partial charge in [0.1, 0.15) is 5.75 Å². The van der Waals surface area contributed by atoms with E-state index in [1.165, 1.54) is 0 Å². The molecule has 0 bridgehead atoms. The highest BCUT2D eigenvalue weighted by atomic mass is 35.5. The summed E-state index contributed by atoms with van der Waals surface area (Å²) in [6, 6.07) is 13.5. The lowest BCUT2D eigenvalue weighted by atomic mass is 9.71. The number of halogens is 1. The van der Waals surface area contributed by atoms with Gasteiger partial charge in [0.15, 0.2) is 0 Å². The van der Waals surface area contributed by atoms with E-state index in [0.29, 0.717) is 30.9 Å². The summed E-state index contributed by atoms with van der Waals surface area (Å²) in [6.07, 6.45) is 5.35. The number of rotatable bonds is 7. The van der Waals surface area contributed by atoms with Crippen LogP contribution in [0.4, 0.5) is 5.69 Å². The molecule has 152 valence electrons. The van der Waals surface area contributed by atoms with Crippen molar-refractivity contribution in [2.75, 3.05) is 11.9 Å². The zero-order valence-corrected chi connectivity index (χ0v) is 17.1. The molecule has 2 aromatic rings. The van der Waals surface area contributed by atoms with Gasteiger partial charge in [0.2, 0.25) is 11.8 Å². The molecule has 2 aliphatic rings. The van der Waals surface area contributed by atoms with E-state index >= 15 is 0 Å². The average Bonchev–Trinajstić information content (AvgIpc) is 2.69. The molecule has 1 fully saturated rings. The fourth-order valence-corrected chi connectivity index (χ4v) is 4.11. The van der Waals surface area contributed by atoms with Crippen molar-refractivity contribution < 1.29 is 14.3 Å². The van der Waals surface area contributed by atoms with E-state index in [1.807, 2.05) is 42.5 Å². The lowest BCUT2D eigenvalue weighted by Gasteiger charge is -2.43. The average molecular weight is 413 g/mol. The zero-order valence-electron chi connectivity index (χ0n) is 16.3. The van der Waals surface area contributed by atoms with Crippen LogP contribution in [0.15, 0.2) is 42.5 Å². The first-order chi connectivity index (χ1) is 14.0. The van der Waals surface area contributed by atoms with Gasteiger partial charge in [-0.25, -0.2) is 0 Å². The third-order valence-electron chi connectivity index (χ3n) is 5.77. The van der Waals surface area contributed by atoms with Gasteiger partial charge in [-0.05, 0) is 73.6 Å². The lowest BCUT2D eigenvalue weighted by molar-refractivity contribution is -0.124. The third kappa shape index (κ3) is 4.56. The highest BCUT2D eigenvalue weighted by Crippen LogP contribution is 2.41. The summed E-state index contributed by atoms with van der Waals surface area (Å²) in [5, 5.41) is 6.80. The normalized spacial score (nSPS) is 16.9. The number of anilines is 1. The van der Waals surface area contributed by atoms with Crippen LogP contribution in [0, 0.1) is 0 Å². The maximum absolute atomic E-state index is 12.5. The number of carbonyl (C=O) groups is 2. The fourth-order valence-electron chi connectivity index (χ4n) is 3.99. The van der Waals surface area contributed by atoms with Gasteiger partial charge in [0, 0.05) is 23.6 Å². The molecular formula is C23H25ClN2O3. The van der Waals surface area contributed by atoms with E-state index < -0.39 is 0 Å². The molecule has 1 aliphatic carbocycles. The Morgan fingerprint density at radius 2 is 1.93 bits per heavy atom. The van der Waals surface area contributed by atoms with Gasteiger partial charge in [0.05, 0.1) is 12.1 Å². The summed E-state index contributed by atoms with van der Waals surface area (Å²) >= 11 is 5.99. The molecule has 1 saturated carbocycles. The lowest BCUT2D eigenvalue weighted by Crippen LogP contribution is -2.50. The second-order valence-corrected chi connectivity index (χ2v) is 8.25. The summed E-state index contributed by atoms with van der Waals surface area (Å²) in [5.41, 5.74) is 2.83. The minimum atomic E-state index is -0.245. The summed E-state index contributed by atoms with van der Waals surface area (Å²) in [7, 11) is 0. The topological polar surface area (TPSA) is 67.4 Å². The number of nitrogens with one attached hydrogen (secondary N) is 2. The van der Waals surface area contributed by atoms with Gasteiger partial charge >= 0.3 is 0 Å². The molecule has 2 N–H and O–H groups in total. The van der Waals surface area contributed by atoms with Crippen LogP contribution in [-0.4, -0.2) is 18.4 Å². The number of hydrogen-bond donors (Lipinski definition) is 2. The van der Waals surface area contributed by atoms with Crippen LogP contribution in [0.5, 0.6) is 5.75 Å². The Morgan fingerprint density at radius 3 is 2.66 bits per heavy atom. The molecule has 0 saturated heterocycles. The Balaban J connectivity index is 1.25. The van der Waals surface area contributed by atoms with Gasteiger partial charge < -0.3 is 15.4 Å². The molecule has 4 rings (SSSR count). The summed E-state index contributed by atoms with van der Waals surface area (Å²) < 4.78 is 5.81. The van der Waals surface area contributed by atoms with Crippen LogP contribution >= 0.6 is 11.6 Å². The number of benzene rings is 2. The number of fused-ring (bicyclic) bond motifs is 1. The molecule has 29 heavy (non-hydrogen) atoms. The molecule has 0 unspecified atom stereocenters. The van der Waals surface area contributed by atoms with Crippen LogP contribution in [-0.2, 0) is 21.5 Å². The first-order valence-corrected chi connectivity index (χ1v) is 10.5. The van der Waals surface area contributed by atoms with Crippen molar-refractivity contribution in [3.63, 3.8) is 0 Å². The third-order valence-corrected chi connectivity index (χ3v) is 6.02. The minimum Gasteiger partial charge on any atom is -0.494 e. The van der Waals surface area contributed by atoms with Crippen molar-refractivity contribution in [1.29, 1.82) is 0 Å². The monoisotopic (exact) mass is 412 g/mol. The molecule has 2 aromatic carbocycles. The predicted molar refractivity (Wildman–Crippen MR) is 113 cm³/mol. The van der Waals surface area contributed by atoms with Crippen LogP contribution in [0.3, 0.4) is 0 Å². The minimum absolute atomic E-state index is 0.0522. The van der Waals surface area contributed by atoms with E-state index in [2.05, 4.69) is 10.6 Å². The number of carbonyl (C=O) groups excluding carboxylic acids is 2. The van der Waals surface area contributed by atoms with Crippen molar-refractivity contribution in [3.8, 4) is 5.75 Å². The Bertz CT molecular complexity index is 907. The quantitative estimate of drug-likeness (QED) is 0.654. The van der Waals surface area contributed by atoms with Gasteiger partial charge in [0.25, 0.3) is 0 Å². The van der Waals surface area contributed by atoms with Crippen LogP contribution < -0.4 is 15.4 Å². The van der Waals surface area contributed by atoms with E-state index in [0.717, 1.165) is 48.2 Å². The largest absolute Gasteiger partial charge is 0.494 e. The van der Waals surface area contributed by atoms with Crippen molar-refractivity contribution in [1.82, 2.24) is 5.32 Å². The molecular weight excluding hydrogens is 388 g/mol. The smallest absolute Gasteiger partial charge is 0.224 e. The molecule has 0 spiro atoms. The molecule has 2 amide bonds. The van der Waals surface area contributed by atoms with Crippen molar-refractivity contribution in [2.45, 2.75) is 50.5 Å². The van der Waals surface area contributed by atoms with Crippen molar-refractivity contribution in [2.24, 2.45) is 0 Å². The molecule has 5 nitrogen and oxygen atoms in total. The molecule has 0 atom stereocenters. The molecule has 6 heteroatoms. The first kappa shape index (κ1) is 19.8. The standard InChI is InChI=1S/C23H25ClN2O3/c24-18-7-5-17(6-8-18)23(12-2-13-23)26-22(28)3-1-14-29-19-9-10-20-16(15-19)4-11-21(27)25-20/h5-10,15H,1-4,11-14H2,(H,25,27)(H,26,28). The zero-order chi connectivity index (χ0) is 20.3. The van der Waals surface area contributed by atoms with E-state index in [1.54, 1.807) is 0 Å². The summed E-state index contributed by atoms with van der Waals surface area (Å²) in [5.74, 6) is 0.883. The second-order valence-electron chi connectivity index (χ2n) is 7.81. The number of hydrogen-bond acceptors (Lipinski definition) is 3. The Kier molecular flexibility index (Phi) is 5.76. The maximum atomic E-state index is 12.5. The van der Waals surface area contributed by atoms with Gasteiger partial charge in [-0.3, -0.25) is 9.59 Å².